The van der Waals surface area contributed by atoms with Crippen LogP contribution in [0.2, 0.25) is 0 Å². The summed E-state index contributed by atoms with van der Waals surface area (Å²) in [5.74, 6) is -3.25. The average molecular weight is 727 g/mol. The molecule has 4 aliphatic carbocycles. The van der Waals surface area contributed by atoms with Crippen LogP contribution in [0.3, 0.4) is 0 Å². The van der Waals surface area contributed by atoms with Gasteiger partial charge in [0, 0.05) is 11.8 Å². The van der Waals surface area contributed by atoms with Crippen LogP contribution in [0.15, 0.2) is 12.2 Å². The molecule has 13 atom stereocenters. The highest BCUT2D eigenvalue weighted by molar-refractivity contribution is 7.81. The second-order valence-electron chi connectivity index (χ2n) is 14.8. The third kappa shape index (κ3) is 7.20. The van der Waals surface area contributed by atoms with Crippen molar-refractivity contribution in [1.82, 2.24) is 0 Å². The number of carbonyl (C=O) groups excluding carboxylic acids is 1. The second kappa shape index (κ2) is 13.4. The Hall–Kier alpha value is -1.74. The van der Waals surface area contributed by atoms with Crippen LogP contribution in [0.1, 0.15) is 72.1 Å². The minimum Gasteiger partial charge on any atom is -0.481 e. The Kier molecular flexibility index (Phi) is 10.5. The van der Waals surface area contributed by atoms with Gasteiger partial charge >= 0.3 is 32.7 Å². The minimum atomic E-state index is -5.42. The van der Waals surface area contributed by atoms with Crippen molar-refractivity contribution in [3.8, 4) is 0 Å². The van der Waals surface area contributed by atoms with Crippen LogP contribution >= 0.6 is 0 Å². The molecule has 4 saturated carbocycles. The van der Waals surface area contributed by atoms with E-state index in [9.17, 15) is 50.8 Å². The highest BCUT2D eigenvalue weighted by atomic mass is 32.3. The lowest BCUT2D eigenvalue weighted by Gasteiger charge is -2.62. The van der Waals surface area contributed by atoms with Gasteiger partial charge in [0.05, 0.1) is 24.7 Å². The van der Waals surface area contributed by atoms with Gasteiger partial charge in [0.2, 0.25) is 0 Å². The molecule has 1 heterocycles. The molecule has 0 amide bonds. The maximum atomic E-state index is 12.9. The van der Waals surface area contributed by atoms with Crippen molar-refractivity contribution in [3.63, 3.8) is 0 Å². The SMILES string of the molecule is C=C1C2CCC3[C@]4(C)CC(OC5OC(CO)C(OS(=O)(=O)O)C(OS(=O)(=O)O)C5OC(=O)CC(C)C)CC(C(=O)O)C4CC[C@]3(C2)C1O. The van der Waals surface area contributed by atoms with E-state index >= 15 is 0 Å². The average Bonchev–Trinajstić information content (AvgIpc) is 3.12. The van der Waals surface area contributed by atoms with Gasteiger partial charge in [-0.05, 0) is 79.6 Å². The van der Waals surface area contributed by atoms with Crippen LogP contribution < -0.4 is 0 Å². The number of carbonyl (C=O) groups is 2. The lowest BCUT2D eigenvalue weighted by Crippen LogP contribution is -2.64. The maximum Gasteiger partial charge on any atom is 0.397 e. The molecular formula is C30H46O16S2. The van der Waals surface area contributed by atoms with Crippen molar-refractivity contribution in [2.75, 3.05) is 6.61 Å². The highest BCUT2D eigenvalue weighted by Crippen LogP contribution is 2.70. The molecule has 0 radical (unpaired) electrons. The fraction of sp³-hybridized carbons (Fsp3) is 0.867. The monoisotopic (exact) mass is 726 g/mol. The molecule has 0 aromatic heterocycles. The van der Waals surface area contributed by atoms with E-state index in [4.69, 9.17) is 18.4 Å². The van der Waals surface area contributed by atoms with Crippen LogP contribution in [-0.2, 0) is 53.0 Å². The van der Waals surface area contributed by atoms with Gasteiger partial charge in [-0.2, -0.15) is 16.8 Å². The van der Waals surface area contributed by atoms with Gasteiger partial charge in [0.25, 0.3) is 0 Å². The third-order valence-electron chi connectivity index (χ3n) is 11.5. The maximum absolute atomic E-state index is 12.9. The molecule has 1 spiro atoms. The summed E-state index contributed by atoms with van der Waals surface area (Å²) in [5.41, 5.74) is -0.319. The Morgan fingerprint density at radius 1 is 1.02 bits per heavy atom. The first-order valence-corrected chi connectivity index (χ1v) is 18.9. The Morgan fingerprint density at radius 3 is 2.25 bits per heavy atom. The Morgan fingerprint density at radius 2 is 1.67 bits per heavy atom. The van der Waals surface area contributed by atoms with Crippen LogP contribution in [0, 0.1) is 40.4 Å². The summed E-state index contributed by atoms with van der Waals surface area (Å²) >= 11 is 0. The number of aliphatic carboxylic acids is 1. The van der Waals surface area contributed by atoms with E-state index in [-0.39, 0.29) is 42.9 Å². The van der Waals surface area contributed by atoms with Crippen LogP contribution in [-0.4, -0.2) is 103 Å². The number of esters is 1. The summed E-state index contributed by atoms with van der Waals surface area (Å²) in [5, 5.41) is 32.0. The first kappa shape index (κ1) is 37.5. The predicted octanol–water partition coefficient (Wildman–Crippen LogP) is 1.67. The van der Waals surface area contributed by atoms with E-state index in [1.165, 1.54) is 0 Å². The van der Waals surface area contributed by atoms with Gasteiger partial charge in [-0.1, -0.05) is 27.4 Å². The first-order valence-electron chi connectivity index (χ1n) is 16.2. The second-order valence-corrected chi connectivity index (χ2v) is 16.9. The Balaban J connectivity index is 1.51. The molecule has 5 N–H and O–H groups in total. The zero-order chi connectivity index (χ0) is 35.6. The van der Waals surface area contributed by atoms with E-state index in [1.807, 2.05) is 6.92 Å². The van der Waals surface area contributed by atoms with Crippen LogP contribution in [0.4, 0.5) is 0 Å². The van der Waals surface area contributed by atoms with E-state index in [0.717, 1.165) is 24.8 Å². The van der Waals surface area contributed by atoms with Crippen LogP contribution in [0.5, 0.6) is 0 Å². The Bertz CT molecular complexity index is 1480. The van der Waals surface area contributed by atoms with Gasteiger partial charge in [0.1, 0.15) is 12.2 Å². The number of carboxylic acids is 1. The molecule has 5 rings (SSSR count). The number of hydrogen-bond donors (Lipinski definition) is 5. The first-order chi connectivity index (χ1) is 22.2. The quantitative estimate of drug-likeness (QED) is 0.0879. The topological polar surface area (TPSA) is 250 Å². The molecule has 0 aromatic rings. The molecular weight excluding hydrogens is 680 g/mol. The zero-order valence-corrected chi connectivity index (χ0v) is 28.7. The van der Waals surface area contributed by atoms with Gasteiger partial charge in [-0.3, -0.25) is 18.7 Å². The summed E-state index contributed by atoms with van der Waals surface area (Å²) in [7, 11) is -10.8. The van der Waals surface area contributed by atoms with E-state index in [1.54, 1.807) is 13.8 Å². The normalized spacial score (nSPS) is 43.0. The van der Waals surface area contributed by atoms with Crippen molar-refractivity contribution < 1.29 is 73.4 Å². The van der Waals surface area contributed by atoms with Gasteiger partial charge in [0.15, 0.2) is 18.5 Å². The summed E-state index contributed by atoms with van der Waals surface area (Å²) in [4.78, 5) is 25.7. The Labute approximate surface area is 280 Å². The highest BCUT2D eigenvalue weighted by Gasteiger charge is 2.67. The van der Waals surface area contributed by atoms with Crippen molar-refractivity contribution in [2.24, 2.45) is 40.4 Å². The summed E-state index contributed by atoms with van der Waals surface area (Å²) in [6.45, 7) is 8.52. The molecule has 48 heavy (non-hydrogen) atoms. The fourth-order valence-corrected chi connectivity index (χ4v) is 10.8. The molecule has 5 fully saturated rings. The van der Waals surface area contributed by atoms with Crippen molar-refractivity contribution in [3.05, 3.63) is 12.2 Å². The summed E-state index contributed by atoms with van der Waals surface area (Å²) < 4.78 is 93.5. The minimum absolute atomic E-state index is 0.0156. The largest absolute Gasteiger partial charge is 0.481 e. The lowest BCUT2D eigenvalue weighted by molar-refractivity contribution is -0.316. The molecule has 1 saturated heterocycles. The van der Waals surface area contributed by atoms with E-state index in [0.29, 0.717) is 12.8 Å². The molecule has 11 unspecified atom stereocenters. The molecule has 18 heteroatoms. The third-order valence-corrected chi connectivity index (χ3v) is 12.4. The number of rotatable bonds is 11. The van der Waals surface area contributed by atoms with Gasteiger partial charge in [-0.15, -0.1) is 0 Å². The predicted molar refractivity (Wildman–Crippen MR) is 162 cm³/mol. The molecule has 2 bridgehead atoms. The van der Waals surface area contributed by atoms with Crippen molar-refractivity contribution >= 4 is 32.7 Å². The zero-order valence-electron chi connectivity index (χ0n) is 27.0. The lowest BCUT2D eigenvalue weighted by atomic mass is 9.43. The molecule has 5 aliphatic rings. The smallest absolute Gasteiger partial charge is 0.397 e. The molecule has 1 aliphatic heterocycles. The standard InChI is InChI=1S/C30H46O16S2/c1-14(2)9-22(32)44-25-24(46-48(39,40)41)23(45-47(36,37)38)20(13-31)43-28(25)42-17-10-18(27(34)35)19-7-8-30-11-16(15(3)26(30)33)5-6-21(30)29(19,4)12-17/h14,16-21,23-26,28,31,33H,3,5-13H2,1-2,4H3,(H,34,35)(H,36,37,38)(H,39,40,41)/t16?,17?,18?,19?,20?,21?,23?,24?,25?,26?,28?,29-,30-/m1/s1. The fourth-order valence-electron chi connectivity index (χ4n) is 9.82. The number of hydrogen-bond acceptors (Lipinski definition) is 13. The molecule has 0 aromatic carbocycles. The van der Waals surface area contributed by atoms with E-state index < -0.39 is 99.0 Å². The number of aliphatic hydroxyl groups is 2. The molecule has 274 valence electrons. The number of carboxylic acid groups (broad SMARTS) is 1. The van der Waals surface area contributed by atoms with Crippen LogP contribution in [0.25, 0.3) is 0 Å². The molecule has 16 nitrogen and oxygen atoms in total. The number of fused-ring (bicyclic) bond motifs is 3. The van der Waals surface area contributed by atoms with Gasteiger partial charge < -0.3 is 29.5 Å². The van der Waals surface area contributed by atoms with Crippen molar-refractivity contribution in [2.45, 2.75) is 115 Å². The van der Waals surface area contributed by atoms with Crippen molar-refractivity contribution in [1.29, 1.82) is 0 Å². The number of ether oxygens (including phenoxy) is 3. The number of aliphatic hydroxyl groups excluding tert-OH is 2. The van der Waals surface area contributed by atoms with E-state index in [2.05, 4.69) is 10.8 Å². The summed E-state index contributed by atoms with van der Waals surface area (Å²) in [6, 6.07) is 0. The van der Waals surface area contributed by atoms with Gasteiger partial charge in [-0.25, -0.2) is 8.37 Å². The summed E-state index contributed by atoms with van der Waals surface area (Å²) in [6.07, 6.45) is -7.93.